The van der Waals surface area contributed by atoms with E-state index in [-0.39, 0.29) is 0 Å². The third-order valence-electron chi connectivity index (χ3n) is 4.68. The minimum atomic E-state index is -5.92. The third kappa shape index (κ3) is 3.94. The zero-order valence-corrected chi connectivity index (χ0v) is 17.6. The van der Waals surface area contributed by atoms with Crippen LogP contribution in [0, 0.1) is 0 Å². The first kappa shape index (κ1) is 21.4. The van der Waals surface area contributed by atoms with Gasteiger partial charge in [0.25, 0.3) is 0 Å². The highest BCUT2D eigenvalue weighted by Crippen LogP contribution is 2.70. The molecule has 31 heavy (non-hydrogen) atoms. The van der Waals surface area contributed by atoms with Crippen molar-refractivity contribution in [1.29, 1.82) is 0 Å². The van der Waals surface area contributed by atoms with Crippen LogP contribution in [0.4, 0.5) is 13.2 Å². The second-order valence-electron chi connectivity index (χ2n) is 6.66. The lowest BCUT2D eigenvalue weighted by molar-refractivity contribution is -0.0496. The highest BCUT2D eigenvalue weighted by Gasteiger charge is 2.52. The van der Waals surface area contributed by atoms with E-state index in [0.717, 1.165) is 10.8 Å². The van der Waals surface area contributed by atoms with Gasteiger partial charge in [-0.05, 0) is 57.5 Å². The normalized spacial score (nSPS) is 13.3. The Balaban J connectivity index is 2.09. The highest BCUT2D eigenvalue weighted by atomic mass is 32.3. The summed E-state index contributed by atoms with van der Waals surface area (Å²) in [6.07, 6.45) is 0. The van der Waals surface area contributed by atoms with Crippen molar-refractivity contribution in [2.75, 3.05) is 0 Å². The largest absolute Gasteiger partial charge is 0.524 e. The molecule has 0 unspecified atom stereocenters. The Labute approximate surface area is 179 Å². The molecule has 0 aliphatic rings. The van der Waals surface area contributed by atoms with Crippen LogP contribution in [0.25, 0.3) is 10.8 Å². The van der Waals surface area contributed by atoms with E-state index in [9.17, 15) is 21.6 Å². The van der Waals surface area contributed by atoms with Crippen molar-refractivity contribution in [1.82, 2.24) is 0 Å². The molecular formula is C23H17F3O3S2. The van der Waals surface area contributed by atoms with Gasteiger partial charge in [-0.15, -0.1) is 0 Å². The SMILES string of the molecule is O=S(=O)(OS(c1ccccc1)(c1ccccc1)c1ccc2ccccc2c1)C(F)(F)F. The molecule has 0 saturated carbocycles. The standard InChI is InChI=1S/C23H17F3O3S2/c24-23(25,26)31(27,28)29-30(20-11-3-1-4-12-20,21-13-5-2-6-14-21)22-16-15-18-9-7-8-10-19(18)17-22/h1-17H. The van der Waals surface area contributed by atoms with Gasteiger partial charge in [-0.2, -0.15) is 25.2 Å². The summed E-state index contributed by atoms with van der Waals surface area (Å²) in [5.74, 6) is 0. The first-order valence-electron chi connectivity index (χ1n) is 9.19. The Kier molecular flexibility index (Phi) is 5.55. The summed E-state index contributed by atoms with van der Waals surface area (Å²) in [5.41, 5.74) is -5.56. The predicted molar refractivity (Wildman–Crippen MR) is 115 cm³/mol. The molecule has 0 aliphatic carbocycles. The van der Waals surface area contributed by atoms with Crippen LogP contribution in [-0.4, -0.2) is 13.9 Å². The first-order valence-corrected chi connectivity index (χ1v) is 12.2. The molecule has 0 spiro atoms. The maximum absolute atomic E-state index is 13.5. The minimum Gasteiger partial charge on any atom is -0.200 e. The van der Waals surface area contributed by atoms with Crippen LogP contribution in [0.3, 0.4) is 0 Å². The molecule has 0 amide bonds. The average molecular weight is 463 g/mol. The van der Waals surface area contributed by atoms with Gasteiger partial charge >= 0.3 is 15.6 Å². The van der Waals surface area contributed by atoms with E-state index in [1.165, 1.54) is 0 Å². The number of benzene rings is 4. The smallest absolute Gasteiger partial charge is 0.200 e. The van der Waals surface area contributed by atoms with Crippen LogP contribution in [0.2, 0.25) is 0 Å². The van der Waals surface area contributed by atoms with Gasteiger partial charge < -0.3 is 0 Å². The van der Waals surface area contributed by atoms with Crippen LogP contribution in [-0.2, 0) is 13.7 Å². The number of rotatable bonds is 5. The molecule has 4 aromatic carbocycles. The summed E-state index contributed by atoms with van der Waals surface area (Å²) in [7, 11) is -9.19. The number of hydrogen-bond acceptors (Lipinski definition) is 3. The lowest BCUT2D eigenvalue weighted by atomic mass is 10.1. The molecule has 0 heterocycles. The van der Waals surface area contributed by atoms with Gasteiger partial charge in [0.2, 0.25) is 0 Å². The van der Waals surface area contributed by atoms with Crippen LogP contribution in [0.5, 0.6) is 0 Å². The molecular weight excluding hydrogens is 445 g/mol. The van der Waals surface area contributed by atoms with E-state index >= 15 is 0 Å². The topological polar surface area (TPSA) is 43.4 Å². The molecule has 0 aliphatic heterocycles. The molecule has 0 saturated heterocycles. The van der Waals surface area contributed by atoms with Crippen LogP contribution in [0.15, 0.2) is 118 Å². The van der Waals surface area contributed by atoms with Gasteiger partial charge in [0.1, 0.15) is 0 Å². The summed E-state index contributed by atoms with van der Waals surface area (Å²) in [5, 5.41) is 1.64. The summed E-state index contributed by atoms with van der Waals surface area (Å²) in [4.78, 5) is 1.02. The number of halogens is 3. The van der Waals surface area contributed by atoms with Gasteiger partial charge in [-0.25, -0.2) is 0 Å². The predicted octanol–water partition coefficient (Wildman–Crippen LogP) is 6.90. The van der Waals surface area contributed by atoms with E-state index < -0.39 is 25.9 Å². The molecule has 4 aromatic rings. The molecule has 0 aromatic heterocycles. The number of hydrogen-bond donors (Lipinski definition) is 0. The summed E-state index contributed by atoms with van der Waals surface area (Å²) < 4.78 is 70.3. The lowest BCUT2D eigenvalue weighted by Crippen LogP contribution is -2.27. The van der Waals surface area contributed by atoms with Crippen LogP contribution < -0.4 is 0 Å². The first-order chi connectivity index (χ1) is 14.7. The highest BCUT2D eigenvalue weighted by molar-refractivity contribution is 8.33. The maximum Gasteiger partial charge on any atom is 0.524 e. The van der Waals surface area contributed by atoms with Gasteiger partial charge in [-0.1, -0.05) is 66.7 Å². The van der Waals surface area contributed by atoms with Crippen molar-refractivity contribution >= 4 is 31.2 Å². The summed E-state index contributed by atoms with van der Waals surface area (Å²) >= 11 is 0. The van der Waals surface area contributed by atoms with E-state index in [1.807, 2.05) is 24.3 Å². The Bertz CT molecular complexity index is 1270. The third-order valence-corrected chi connectivity index (χ3v) is 9.57. The Morgan fingerprint density at radius 3 is 1.58 bits per heavy atom. The number of alkyl halides is 3. The van der Waals surface area contributed by atoms with Gasteiger partial charge in [-0.3, -0.25) is 0 Å². The second kappa shape index (κ2) is 8.03. The van der Waals surface area contributed by atoms with Crippen LogP contribution >= 0.6 is 10.3 Å². The Morgan fingerprint density at radius 1 is 0.581 bits per heavy atom. The fourth-order valence-corrected chi connectivity index (χ4v) is 8.05. The molecule has 4 rings (SSSR count). The molecule has 0 N–H and O–H groups in total. The maximum atomic E-state index is 13.5. The van der Waals surface area contributed by atoms with Crippen LogP contribution in [0.1, 0.15) is 0 Å². The van der Waals surface area contributed by atoms with Gasteiger partial charge in [0, 0.05) is 14.7 Å². The fourth-order valence-electron chi connectivity index (χ4n) is 3.27. The van der Waals surface area contributed by atoms with E-state index in [1.54, 1.807) is 78.9 Å². The van der Waals surface area contributed by atoms with Crippen molar-refractivity contribution in [2.24, 2.45) is 0 Å². The fraction of sp³-hybridized carbons (Fsp3) is 0.0435. The minimum absolute atomic E-state index is 0.337. The van der Waals surface area contributed by atoms with Crippen molar-refractivity contribution < 1.29 is 25.2 Å². The van der Waals surface area contributed by atoms with Crippen molar-refractivity contribution in [2.45, 2.75) is 20.2 Å². The average Bonchev–Trinajstić information content (AvgIpc) is 2.77. The van der Waals surface area contributed by atoms with E-state index in [2.05, 4.69) is 0 Å². The van der Waals surface area contributed by atoms with Crippen molar-refractivity contribution in [3.8, 4) is 0 Å². The van der Waals surface area contributed by atoms with E-state index in [4.69, 9.17) is 3.63 Å². The molecule has 160 valence electrons. The molecule has 0 atom stereocenters. The van der Waals surface area contributed by atoms with Crippen molar-refractivity contribution in [3.63, 3.8) is 0 Å². The van der Waals surface area contributed by atoms with Crippen molar-refractivity contribution in [3.05, 3.63) is 103 Å². The second-order valence-corrected chi connectivity index (χ2v) is 11.1. The zero-order chi connectivity index (χ0) is 22.1. The zero-order valence-electron chi connectivity index (χ0n) is 16.0. The summed E-state index contributed by atoms with van der Waals surface area (Å²) in [6, 6.07) is 28.7. The molecule has 0 bridgehead atoms. The number of fused-ring (bicyclic) bond motifs is 1. The molecule has 3 nitrogen and oxygen atoms in total. The lowest BCUT2D eigenvalue weighted by Gasteiger charge is -2.39. The molecule has 0 fully saturated rings. The van der Waals surface area contributed by atoms with Gasteiger partial charge in [0.15, 0.2) is 0 Å². The monoisotopic (exact) mass is 462 g/mol. The molecule has 8 heteroatoms. The summed E-state index contributed by atoms with van der Waals surface area (Å²) in [6.45, 7) is 0. The van der Waals surface area contributed by atoms with Gasteiger partial charge in [0.05, 0.1) is 0 Å². The quantitative estimate of drug-likeness (QED) is 0.303. The Morgan fingerprint density at radius 2 is 1.06 bits per heavy atom. The molecule has 0 radical (unpaired) electrons. The van der Waals surface area contributed by atoms with E-state index in [0.29, 0.717) is 14.7 Å². The Hall–Kier alpha value is -2.81.